The fourth-order valence-corrected chi connectivity index (χ4v) is 12.3. The van der Waals surface area contributed by atoms with Crippen LogP contribution in [0.1, 0.15) is 23.0 Å². The summed E-state index contributed by atoms with van der Waals surface area (Å²) < 4.78 is 128. The first-order valence-corrected chi connectivity index (χ1v) is 33.5. The molecule has 488 valence electrons. The van der Waals surface area contributed by atoms with Crippen LogP contribution in [0.4, 0.5) is 36.7 Å². The minimum atomic E-state index is -4.65. The van der Waals surface area contributed by atoms with Gasteiger partial charge in [0.15, 0.2) is 23.2 Å². The first kappa shape index (κ1) is 68.4. The van der Waals surface area contributed by atoms with Crippen LogP contribution >= 0.6 is 34.8 Å². The predicted octanol–water partition coefficient (Wildman–Crippen LogP) is 13.2. The van der Waals surface area contributed by atoms with Crippen molar-refractivity contribution in [3.8, 4) is 68.5 Å². The van der Waals surface area contributed by atoms with E-state index in [1.165, 1.54) is 37.4 Å². The highest BCUT2D eigenvalue weighted by Crippen LogP contribution is 2.35. The van der Waals surface area contributed by atoms with Crippen molar-refractivity contribution in [3.63, 3.8) is 0 Å². The van der Waals surface area contributed by atoms with Gasteiger partial charge in [-0.1, -0.05) is 71.2 Å². The Balaban J connectivity index is 0.000000158. The Hall–Kier alpha value is -10.5. The number of aromatic nitrogens is 13. The molecule has 0 atom stereocenters. The summed E-state index contributed by atoms with van der Waals surface area (Å²) in [5, 5.41) is 0.288. The predicted molar refractivity (Wildman–Crippen MR) is 356 cm³/mol. The highest BCUT2D eigenvalue weighted by atomic mass is 35.5. The molecule has 0 unspecified atom stereocenters. The molecule has 0 aliphatic heterocycles. The molecule has 0 aliphatic rings. The number of nitrogens with zero attached hydrogens (tertiary/aromatic N) is 14. The molecule has 0 amide bonds. The molecule has 24 nitrogen and oxygen atoms in total. The van der Waals surface area contributed by atoms with Crippen molar-refractivity contribution in [1.82, 2.24) is 64.8 Å². The normalized spacial score (nSPS) is 11.5. The molecule has 0 saturated heterocycles. The second kappa shape index (κ2) is 29.0. The van der Waals surface area contributed by atoms with E-state index < -0.39 is 51.7 Å². The van der Waals surface area contributed by atoms with Gasteiger partial charge in [-0.3, -0.25) is 15.0 Å². The zero-order valence-electron chi connectivity index (χ0n) is 50.5. The summed E-state index contributed by atoms with van der Waals surface area (Å²) in [6.45, 7) is 4.83. The quantitative estimate of drug-likeness (QED) is 0.0809. The van der Waals surface area contributed by atoms with Crippen molar-refractivity contribution in [2.75, 3.05) is 33.2 Å². The number of halogens is 6. The average molecular weight is 1420 g/mol. The van der Waals surface area contributed by atoms with Gasteiger partial charge in [0.25, 0.3) is 30.1 Å². The zero-order chi connectivity index (χ0) is 68.5. The van der Waals surface area contributed by atoms with Crippen molar-refractivity contribution in [2.24, 2.45) is 0 Å². The third kappa shape index (κ3) is 17.3. The van der Waals surface area contributed by atoms with E-state index in [1.807, 2.05) is 49.3 Å². The molecule has 0 fully saturated rings. The van der Waals surface area contributed by atoms with Gasteiger partial charge in [0.2, 0.25) is 23.7 Å². The van der Waals surface area contributed by atoms with Gasteiger partial charge in [0.1, 0.15) is 39.5 Å². The van der Waals surface area contributed by atoms with E-state index in [0.717, 1.165) is 28.4 Å². The third-order valence-electron chi connectivity index (χ3n) is 13.2. The number of nitrogens with one attached hydrogen (secondary N) is 3. The smallest absolute Gasteiger partial charge is 0.416 e. The second-order valence-corrected chi connectivity index (χ2v) is 26.6. The van der Waals surface area contributed by atoms with Crippen LogP contribution in [0.3, 0.4) is 0 Å². The minimum Gasteiger partial charge on any atom is -0.436 e. The topological polar surface area (TPSA) is 322 Å². The molecule has 0 radical (unpaired) electrons. The van der Waals surface area contributed by atoms with Gasteiger partial charge in [0.05, 0.1) is 36.6 Å². The molecule has 0 spiro atoms. The average Bonchev–Trinajstić information content (AvgIpc) is 0.883. The highest BCUT2D eigenvalue weighted by Gasteiger charge is 2.32. The van der Waals surface area contributed by atoms with Gasteiger partial charge in [0, 0.05) is 49.5 Å². The molecule has 5 aromatic carbocycles. The summed E-state index contributed by atoms with van der Waals surface area (Å²) in [5.74, 6) is 2.14. The lowest BCUT2D eigenvalue weighted by molar-refractivity contribution is -0.137. The van der Waals surface area contributed by atoms with Gasteiger partial charge in [-0.2, -0.15) is 43.1 Å². The van der Waals surface area contributed by atoms with Crippen molar-refractivity contribution in [2.45, 2.75) is 41.6 Å². The Morgan fingerprint density at radius 3 is 1.26 bits per heavy atom. The summed E-state index contributed by atoms with van der Waals surface area (Å²) in [5.41, 5.74) is 4.58. The van der Waals surface area contributed by atoms with E-state index in [1.54, 1.807) is 123 Å². The number of hydrogen-bond donors (Lipinski definition) is 3. The number of aryl methyl sites for hydroxylation is 3. The molecule has 12 rings (SSSR count). The fourth-order valence-electron chi connectivity index (χ4n) is 8.58. The maximum Gasteiger partial charge on any atom is 0.416 e. The van der Waals surface area contributed by atoms with Crippen LogP contribution in [-0.4, -0.2) is 104 Å². The second-order valence-electron chi connectivity index (χ2n) is 20.3. The molecular formula is C63H49Cl3F3N17O7S3. The number of benzene rings is 5. The molecule has 0 saturated carbocycles. The summed E-state index contributed by atoms with van der Waals surface area (Å²) in [6.07, 6.45) is 1.72. The Kier molecular flexibility index (Phi) is 20.7. The molecule has 0 bridgehead atoms. The number of alkyl halides is 3. The molecule has 96 heavy (non-hydrogen) atoms. The lowest BCUT2D eigenvalue weighted by Crippen LogP contribution is -2.17. The first-order chi connectivity index (χ1) is 45.7. The molecule has 33 heteroatoms. The number of pyridine rings is 3. The van der Waals surface area contributed by atoms with Crippen LogP contribution in [0, 0.1) is 20.8 Å². The standard InChI is InChI=1S/C26H23N7O3S.C21H15Cl2N5O2S.C16H11ClF3N5O2S/c1-17-29-24(22-6-4-5-15-27-22)31-26(30-17)32-37(34,35)21-13-9-19(10-14-21)25-28-16-23(36-25)18-7-11-20(12-8-18)33(2)3;1-13-25-20(19-4-2-3-11-24-19)27-21(26-13)28-31(29,30)16-8-5-14(6-9-16)15-7-10-17(22)18(23)12-15;1-9-22-14(12-4-2-3-7-21-12)24-15(23-9)25-28(26,27)13-6-5-10(8-11(13)17)16(18,19)20/h4-16H,1-3H3,(H,29,30,31,32);2-12H,1H3,(H,25,26,27,28);2-8H,1H3,(H,22,23,24,25). The lowest BCUT2D eigenvalue weighted by Gasteiger charge is -2.12. The van der Waals surface area contributed by atoms with Crippen LogP contribution in [0.25, 0.3) is 68.5 Å². The number of hydrogen-bond acceptors (Lipinski definition) is 21. The van der Waals surface area contributed by atoms with Crippen molar-refractivity contribution in [3.05, 3.63) is 227 Å². The fraction of sp³-hybridized carbons (Fsp3) is 0.0952. The minimum absolute atomic E-state index is 0.0414. The van der Waals surface area contributed by atoms with Crippen LogP contribution < -0.4 is 19.1 Å². The van der Waals surface area contributed by atoms with Crippen LogP contribution in [0.2, 0.25) is 15.1 Å². The first-order valence-electron chi connectivity index (χ1n) is 27.9. The summed E-state index contributed by atoms with van der Waals surface area (Å²) >= 11 is 17.8. The molecule has 7 aromatic heterocycles. The van der Waals surface area contributed by atoms with E-state index in [0.29, 0.717) is 68.1 Å². The SMILES string of the molecule is Cc1nc(NS(=O)(=O)c2ccc(-c3ccc(Cl)c(Cl)c3)cc2)nc(-c2ccccn2)n1.Cc1nc(NS(=O)(=O)c2ccc(-c3ncc(-c4ccc(N(C)C)cc4)o3)cc2)nc(-c2ccccn2)n1.Cc1nc(NS(=O)(=O)c2ccc(C(F)(F)F)cc2Cl)nc(-c2ccccn2)n1. The monoisotopic (exact) mass is 1410 g/mol. The van der Waals surface area contributed by atoms with Crippen molar-refractivity contribution in [1.29, 1.82) is 0 Å². The van der Waals surface area contributed by atoms with E-state index in [9.17, 15) is 38.4 Å². The molecule has 0 aliphatic carbocycles. The Bertz CT molecular complexity index is 5130. The van der Waals surface area contributed by atoms with Gasteiger partial charge >= 0.3 is 6.18 Å². The number of anilines is 4. The van der Waals surface area contributed by atoms with Gasteiger partial charge in [-0.05, 0) is 159 Å². The maximum absolute atomic E-state index is 13.0. The van der Waals surface area contributed by atoms with Gasteiger partial charge in [-0.25, -0.2) is 59.4 Å². The van der Waals surface area contributed by atoms with Gasteiger partial charge < -0.3 is 9.32 Å². The lowest BCUT2D eigenvalue weighted by atomic mass is 10.1. The molecule has 7 heterocycles. The Labute approximate surface area is 562 Å². The molecule has 3 N–H and O–H groups in total. The van der Waals surface area contributed by atoms with E-state index in [2.05, 4.69) is 79.0 Å². The summed E-state index contributed by atoms with van der Waals surface area (Å²) in [7, 11) is -8.26. The number of oxazole rings is 1. The summed E-state index contributed by atoms with van der Waals surface area (Å²) in [4.78, 5) is 55.5. The van der Waals surface area contributed by atoms with E-state index >= 15 is 0 Å². The van der Waals surface area contributed by atoms with Crippen LogP contribution in [-0.2, 0) is 36.2 Å². The zero-order valence-corrected chi connectivity index (χ0v) is 55.2. The molecule has 12 aromatic rings. The van der Waals surface area contributed by atoms with Crippen LogP contribution in [0.5, 0.6) is 0 Å². The maximum atomic E-state index is 13.0. The van der Waals surface area contributed by atoms with Crippen molar-refractivity contribution < 1.29 is 42.8 Å². The number of rotatable bonds is 16. The van der Waals surface area contributed by atoms with Crippen molar-refractivity contribution >= 4 is 88.4 Å². The summed E-state index contributed by atoms with van der Waals surface area (Å²) in [6, 6.07) is 43.2. The Morgan fingerprint density at radius 1 is 0.427 bits per heavy atom. The molecular weight excluding hydrogens is 1370 g/mol. The third-order valence-corrected chi connectivity index (χ3v) is 18.4. The highest BCUT2D eigenvalue weighted by molar-refractivity contribution is 7.93. The largest absolute Gasteiger partial charge is 0.436 e. The Morgan fingerprint density at radius 2 is 0.854 bits per heavy atom. The van der Waals surface area contributed by atoms with E-state index in [4.69, 9.17) is 39.2 Å². The van der Waals surface area contributed by atoms with Crippen LogP contribution in [0.15, 0.2) is 208 Å². The van der Waals surface area contributed by atoms with Gasteiger partial charge in [-0.15, -0.1) is 0 Å². The number of sulfonamides is 3. The van der Waals surface area contributed by atoms with E-state index in [-0.39, 0.29) is 50.9 Å².